The van der Waals surface area contributed by atoms with Crippen LogP contribution in [0.3, 0.4) is 0 Å². The summed E-state index contributed by atoms with van der Waals surface area (Å²) in [6, 6.07) is 0. The van der Waals surface area contributed by atoms with Crippen molar-refractivity contribution in [3.8, 4) is 0 Å². The first-order valence-corrected chi connectivity index (χ1v) is 7.47. The molecule has 4 nitrogen and oxygen atoms in total. The molecule has 106 valence electrons. The molecule has 1 aromatic heterocycles. The van der Waals surface area contributed by atoms with Crippen LogP contribution in [0.2, 0.25) is 0 Å². The van der Waals surface area contributed by atoms with Gasteiger partial charge in [0.1, 0.15) is 18.0 Å². The van der Waals surface area contributed by atoms with Crippen LogP contribution in [0.25, 0.3) is 0 Å². The summed E-state index contributed by atoms with van der Waals surface area (Å²) in [6.45, 7) is 5.41. The average molecular weight is 262 g/mol. The molecule has 0 unspecified atom stereocenters. The van der Waals surface area contributed by atoms with Crippen molar-refractivity contribution in [2.45, 2.75) is 46.0 Å². The van der Waals surface area contributed by atoms with Crippen molar-refractivity contribution < 1.29 is 0 Å². The van der Waals surface area contributed by atoms with Gasteiger partial charge in [-0.1, -0.05) is 26.2 Å². The minimum absolute atomic E-state index is 0.801. The summed E-state index contributed by atoms with van der Waals surface area (Å²) in [5.74, 6) is 3.65. The van der Waals surface area contributed by atoms with Gasteiger partial charge in [-0.2, -0.15) is 0 Å². The summed E-state index contributed by atoms with van der Waals surface area (Å²) in [5, 5.41) is 6.59. The molecule has 0 bridgehead atoms. The number of hydrogen-bond acceptors (Lipinski definition) is 4. The predicted molar refractivity (Wildman–Crippen MR) is 80.5 cm³/mol. The maximum atomic E-state index is 4.34. The molecule has 1 aliphatic rings. The Morgan fingerprint density at radius 1 is 1.11 bits per heavy atom. The SMILES string of the molecule is CCC1CCC(CNc2ncnc(NC)c2C)CC1. The highest BCUT2D eigenvalue weighted by molar-refractivity contribution is 5.56. The Morgan fingerprint density at radius 3 is 2.37 bits per heavy atom. The molecule has 2 N–H and O–H groups in total. The van der Waals surface area contributed by atoms with Crippen LogP contribution in [0.5, 0.6) is 0 Å². The molecular formula is C15H26N4. The molecule has 1 fully saturated rings. The zero-order valence-electron chi connectivity index (χ0n) is 12.4. The fourth-order valence-corrected chi connectivity index (χ4v) is 2.97. The molecule has 19 heavy (non-hydrogen) atoms. The standard InChI is InChI=1S/C15H26N4/c1-4-12-5-7-13(8-6-12)9-17-15-11(2)14(16-3)18-10-19-15/h10,12-13H,4-9H2,1-3H3,(H2,16,17,18,19). The molecule has 0 amide bonds. The molecular weight excluding hydrogens is 236 g/mol. The molecule has 0 saturated heterocycles. The Balaban J connectivity index is 1.86. The lowest BCUT2D eigenvalue weighted by Gasteiger charge is -2.28. The van der Waals surface area contributed by atoms with E-state index >= 15 is 0 Å². The lowest BCUT2D eigenvalue weighted by atomic mass is 9.81. The number of nitrogens with one attached hydrogen (secondary N) is 2. The van der Waals surface area contributed by atoms with Crippen molar-refractivity contribution in [2.75, 3.05) is 24.2 Å². The Morgan fingerprint density at radius 2 is 1.74 bits per heavy atom. The Labute approximate surface area is 116 Å². The highest BCUT2D eigenvalue weighted by Gasteiger charge is 2.20. The highest BCUT2D eigenvalue weighted by Crippen LogP contribution is 2.30. The van der Waals surface area contributed by atoms with Gasteiger partial charge < -0.3 is 10.6 Å². The monoisotopic (exact) mass is 262 g/mol. The van der Waals surface area contributed by atoms with E-state index in [1.54, 1.807) is 6.33 Å². The maximum Gasteiger partial charge on any atom is 0.134 e. The van der Waals surface area contributed by atoms with Crippen LogP contribution in [-0.2, 0) is 0 Å². The van der Waals surface area contributed by atoms with Crippen LogP contribution < -0.4 is 10.6 Å². The molecule has 1 aliphatic carbocycles. The second-order valence-electron chi connectivity index (χ2n) is 5.62. The van der Waals surface area contributed by atoms with E-state index < -0.39 is 0 Å². The fourth-order valence-electron chi connectivity index (χ4n) is 2.97. The van der Waals surface area contributed by atoms with Crippen LogP contribution in [0, 0.1) is 18.8 Å². The van der Waals surface area contributed by atoms with Crippen LogP contribution >= 0.6 is 0 Å². The van der Waals surface area contributed by atoms with Gasteiger partial charge in [-0.3, -0.25) is 0 Å². The summed E-state index contributed by atoms with van der Waals surface area (Å²) in [4.78, 5) is 8.55. The van der Waals surface area contributed by atoms with Gasteiger partial charge >= 0.3 is 0 Å². The third-order valence-corrected chi connectivity index (χ3v) is 4.42. The highest BCUT2D eigenvalue weighted by atomic mass is 15.1. The molecule has 0 spiro atoms. The van der Waals surface area contributed by atoms with Crippen LogP contribution in [0.1, 0.15) is 44.6 Å². The maximum absolute atomic E-state index is 4.34. The number of hydrogen-bond donors (Lipinski definition) is 2. The van der Waals surface area contributed by atoms with Crippen molar-refractivity contribution in [1.82, 2.24) is 9.97 Å². The van der Waals surface area contributed by atoms with Crippen molar-refractivity contribution in [3.05, 3.63) is 11.9 Å². The van der Waals surface area contributed by atoms with E-state index in [4.69, 9.17) is 0 Å². The van der Waals surface area contributed by atoms with Gasteiger partial charge in [-0.05, 0) is 31.6 Å². The van der Waals surface area contributed by atoms with E-state index in [1.165, 1.54) is 32.1 Å². The lowest BCUT2D eigenvalue weighted by molar-refractivity contribution is 0.278. The molecule has 0 aliphatic heterocycles. The fraction of sp³-hybridized carbons (Fsp3) is 0.733. The molecule has 0 aromatic carbocycles. The second kappa shape index (κ2) is 6.73. The second-order valence-corrected chi connectivity index (χ2v) is 5.62. The first-order chi connectivity index (χ1) is 9.24. The number of anilines is 2. The molecule has 4 heteroatoms. The third kappa shape index (κ3) is 3.58. The van der Waals surface area contributed by atoms with E-state index in [0.29, 0.717) is 0 Å². The van der Waals surface area contributed by atoms with E-state index in [9.17, 15) is 0 Å². The summed E-state index contributed by atoms with van der Waals surface area (Å²) in [6.07, 6.45) is 8.47. The first-order valence-electron chi connectivity index (χ1n) is 7.47. The summed E-state index contributed by atoms with van der Waals surface area (Å²) >= 11 is 0. The topological polar surface area (TPSA) is 49.8 Å². The molecule has 1 aromatic rings. The van der Waals surface area contributed by atoms with Crippen LogP contribution in [-0.4, -0.2) is 23.6 Å². The number of rotatable bonds is 5. The third-order valence-electron chi connectivity index (χ3n) is 4.42. The smallest absolute Gasteiger partial charge is 0.134 e. The van der Waals surface area contributed by atoms with Gasteiger partial charge in [0.15, 0.2) is 0 Å². The molecule has 0 atom stereocenters. The first kappa shape index (κ1) is 14.1. The number of nitrogens with zero attached hydrogens (tertiary/aromatic N) is 2. The normalized spacial score (nSPS) is 23.1. The molecule has 1 saturated carbocycles. The quantitative estimate of drug-likeness (QED) is 0.853. The van der Waals surface area contributed by atoms with Gasteiger partial charge in [0.05, 0.1) is 0 Å². The van der Waals surface area contributed by atoms with Gasteiger partial charge in [0.25, 0.3) is 0 Å². The van der Waals surface area contributed by atoms with Crippen molar-refractivity contribution in [1.29, 1.82) is 0 Å². The summed E-state index contributed by atoms with van der Waals surface area (Å²) < 4.78 is 0. The van der Waals surface area contributed by atoms with Crippen molar-refractivity contribution in [2.24, 2.45) is 11.8 Å². The zero-order valence-corrected chi connectivity index (χ0v) is 12.4. The average Bonchev–Trinajstić information content (AvgIpc) is 2.47. The van der Waals surface area contributed by atoms with E-state index in [0.717, 1.165) is 35.6 Å². The minimum atomic E-state index is 0.801. The van der Waals surface area contributed by atoms with Crippen LogP contribution in [0.15, 0.2) is 6.33 Å². The van der Waals surface area contributed by atoms with Gasteiger partial charge in [0, 0.05) is 19.2 Å². The molecule has 0 radical (unpaired) electrons. The van der Waals surface area contributed by atoms with E-state index in [-0.39, 0.29) is 0 Å². The van der Waals surface area contributed by atoms with Crippen molar-refractivity contribution in [3.63, 3.8) is 0 Å². The zero-order chi connectivity index (χ0) is 13.7. The predicted octanol–water partition coefficient (Wildman–Crippen LogP) is 3.46. The largest absolute Gasteiger partial charge is 0.373 e. The van der Waals surface area contributed by atoms with Gasteiger partial charge in [-0.15, -0.1) is 0 Å². The Hall–Kier alpha value is -1.32. The van der Waals surface area contributed by atoms with E-state index in [2.05, 4.69) is 34.4 Å². The van der Waals surface area contributed by atoms with Crippen LogP contribution in [0.4, 0.5) is 11.6 Å². The summed E-state index contributed by atoms with van der Waals surface area (Å²) in [7, 11) is 1.89. The van der Waals surface area contributed by atoms with E-state index in [1.807, 2.05) is 7.05 Å². The minimum Gasteiger partial charge on any atom is -0.373 e. The molecule has 2 rings (SSSR count). The Bertz CT molecular complexity index is 397. The molecule has 1 heterocycles. The number of aromatic nitrogens is 2. The Kier molecular flexibility index (Phi) is 5.00. The van der Waals surface area contributed by atoms with Gasteiger partial charge in [-0.25, -0.2) is 9.97 Å². The van der Waals surface area contributed by atoms with Crippen molar-refractivity contribution >= 4 is 11.6 Å². The van der Waals surface area contributed by atoms with Gasteiger partial charge in [0.2, 0.25) is 0 Å². The summed E-state index contributed by atoms with van der Waals surface area (Å²) in [5.41, 5.74) is 1.10. The lowest BCUT2D eigenvalue weighted by Crippen LogP contribution is -2.21.